The van der Waals surface area contributed by atoms with Crippen molar-refractivity contribution >= 4 is 23.1 Å². The molecule has 0 unspecified atom stereocenters. The molecule has 0 radical (unpaired) electrons. The second kappa shape index (κ2) is 6.66. The van der Waals surface area contributed by atoms with Crippen molar-refractivity contribution < 1.29 is 4.92 Å². The van der Waals surface area contributed by atoms with E-state index in [1.807, 2.05) is 24.8 Å². The minimum Gasteiger partial charge on any atom is -0.380 e. The van der Waals surface area contributed by atoms with Gasteiger partial charge in [-0.05, 0) is 26.3 Å². The zero-order valence-corrected chi connectivity index (χ0v) is 13.7. The van der Waals surface area contributed by atoms with Crippen molar-refractivity contribution in [3.8, 4) is 0 Å². The molecule has 0 atom stereocenters. The quantitative estimate of drug-likeness (QED) is 0.667. The second-order valence-corrected chi connectivity index (χ2v) is 7.72. The van der Waals surface area contributed by atoms with Crippen LogP contribution in [0, 0.1) is 10.1 Å². The van der Waals surface area contributed by atoms with Crippen LogP contribution in [0.5, 0.6) is 0 Å². The predicted molar refractivity (Wildman–Crippen MR) is 89.1 cm³/mol. The van der Waals surface area contributed by atoms with Gasteiger partial charge in [0.05, 0.1) is 4.92 Å². The van der Waals surface area contributed by atoms with Crippen LogP contribution in [0.2, 0.25) is 0 Å². The van der Waals surface area contributed by atoms with Gasteiger partial charge in [0, 0.05) is 42.7 Å². The molecular formula is C15H23N3O2S. The molecule has 1 fully saturated rings. The van der Waals surface area contributed by atoms with E-state index in [1.54, 1.807) is 12.1 Å². The Balaban J connectivity index is 2.23. The summed E-state index contributed by atoms with van der Waals surface area (Å²) in [6.07, 6.45) is 0. The summed E-state index contributed by atoms with van der Waals surface area (Å²) < 4.78 is 0.247. The van der Waals surface area contributed by atoms with Gasteiger partial charge in [-0.3, -0.25) is 15.0 Å². The molecule has 0 amide bonds. The molecule has 0 aromatic heterocycles. The number of hydrogen-bond donors (Lipinski definition) is 1. The molecule has 0 spiro atoms. The summed E-state index contributed by atoms with van der Waals surface area (Å²) in [5, 5.41) is 14.4. The van der Waals surface area contributed by atoms with Crippen LogP contribution in [0.4, 0.5) is 11.4 Å². The lowest BCUT2D eigenvalue weighted by molar-refractivity contribution is -0.384. The first kappa shape index (κ1) is 16.1. The summed E-state index contributed by atoms with van der Waals surface area (Å²) in [6.45, 7) is 9.94. The maximum Gasteiger partial charge on any atom is 0.292 e. The first-order valence-corrected chi connectivity index (χ1v) is 8.28. The molecule has 116 valence electrons. The van der Waals surface area contributed by atoms with Crippen molar-refractivity contribution in [3.05, 3.63) is 33.9 Å². The lowest BCUT2D eigenvalue weighted by Gasteiger charge is -2.37. The Morgan fingerprint density at radius 2 is 2.24 bits per heavy atom. The van der Waals surface area contributed by atoms with Crippen molar-refractivity contribution in [2.75, 3.05) is 30.7 Å². The number of nitrogens with one attached hydrogen (secondary N) is 1. The molecule has 6 heteroatoms. The minimum atomic E-state index is -0.308. The second-order valence-electron chi connectivity index (χ2n) is 5.92. The van der Waals surface area contributed by atoms with Gasteiger partial charge in [0.1, 0.15) is 5.69 Å². The molecule has 1 aliphatic heterocycles. The summed E-state index contributed by atoms with van der Waals surface area (Å²) in [7, 11) is 0. The number of anilines is 1. The van der Waals surface area contributed by atoms with Gasteiger partial charge in [-0.25, -0.2) is 0 Å². The van der Waals surface area contributed by atoms with E-state index in [0.717, 1.165) is 31.0 Å². The monoisotopic (exact) mass is 309 g/mol. The van der Waals surface area contributed by atoms with Gasteiger partial charge in [0.2, 0.25) is 0 Å². The standard InChI is InChI=1S/C15H23N3O2S/c1-4-16-14-12(6-5-7-13(14)18(19)20)10-17-8-9-21-15(2,3)11-17/h5-7,16H,4,8-11H2,1-3H3. The zero-order chi connectivity index (χ0) is 15.5. The fourth-order valence-corrected chi connectivity index (χ4v) is 3.92. The molecule has 5 nitrogen and oxygen atoms in total. The Bertz CT molecular complexity index is 520. The smallest absolute Gasteiger partial charge is 0.292 e. The van der Waals surface area contributed by atoms with Gasteiger partial charge in [-0.1, -0.05) is 12.1 Å². The third kappa shape index (κ3) is 4.11. The summed E-state index contributed by atoms with van der Waals surface area (Å²) in [5.74, 6) is 1.11. The summed E-state index contributed by atoms with van der Waals surface area (Å²) in [4.78, 5) is 13.3. The molecule has 0 aliphatic carbocycles. The number of nitro groups is 1. The molecule has 1 aromatic carbocycles. The van der Waals surface area contributed by atoms with Crippen molar-refractivity contribution in [2.24, 2.45) is 0 Å². The van der Waals surface area contributed by atoms with Gasteiger partial charge in [-0.2, -0.15) is 11.8 Å². The summed E-state index contributed by atoms with van der Waals surface area (Å²) in [6, 6.07) is 5.33. The van der Waals surface area contributed by atoms with Crippen LogP contribution in [0.1, 0.15) is 26.3 Å². The van der Waals surface area contributed by atoms with Crippen molar-refractivity contribution in [3.63, 3.8) is 0 Å². The fraction of sp³-hybridized carbons (Fsp3) is 0.600. The molecule has 1 aliphatic rings. The van der Waals surface area contributed by atoms with E-state index in [1.165, 1.54) is 0 Å². The van der Waals surface area contributed by atoms with Gasteiger partial charge in [0.25, 0.3) is 5.69 Å². The number of nitrogens with zero attached hydrogens (tertiary/aromatic N) is 2. The number of nitro benzene ring substituents is 1. The topological polar surface area (TPSA) is 58.4 Å². The average molecular weight is 309 g/mol. The molecule has 0 bridgehead atoms. The molecule has 1 saturated heterocycles. The third-order valence-corrected chi connectivity index (χ3v) is 4.87. The first-order valence-electron chi connectivity index (χ1n) is 7.29. The number of thioether (sulfide) groups is 1. The lowest BCUT2D eigenvalue weighted by Crippen LogP contribution is -2.42. The van der Waals surface area contributed by atoms with Gasteiger partial charge >= 0.3 is 0 Å². The van der Waals surface area contributed by atoms with Gasteiger partial charge in [0.15, 0.2) is 0 Å². The average Bonchev–Trinajstić information content (AvgIpc) is 2.39. The highest BCUT2D eigenvalue weighted by molar-refractivity contribution is 8.00. The maximum absolute atomic E-state index is 11.2. The SMILES string of the molecule is CCNc1c(CN2CCSC(C)(C)C2)cccc1[N+](=O)[O-]. The van der Waals surface area contributed by atoms with Crippen LogP contribution < -0.4 is 5.32 Å². The number of para-hydroxylation sites is 1. The van der Waals surface area contributed by atoms with Crippen LogP contribution >= 0.6 is 11.8 Å². The highest BCUT2D eigenvalue weighted by Gasteiger charge is 2.28. The molecule has 1 aromatic rings. The van der Waals surface area contributed by atoms with Gasteiger partial charge in [-0.15, -0.1) is 0 Å². The minimum absolute atomic E-state index is 0.167. The summed E-state index contributed by atoms with van der Waals surface area (Å²) >= 11 is 1.99. The van der Waals surface area contributed by atoms with Crippen LogP contribution in [-0.4, -0.2) is 40.0 Å². The molecule has 21 heavy (non-hydrogen) atoms. The number of rotatable bonds is 5. The van der Waals surface area contributed by atoms with Gasteiger partial charge < -0.3 is 5.32 Å². The van der Waals surface area contributed by atoms with Crippen LogP contribution in [0.3, 0.4) is 0 Å². The van der Waals surface area contributed by atoms with Crippen molar-refractivity contribution in [1.29, 1.82) is 0 Å². The zero-order valence-electron chi connectivity index (χ0n) is 12.9. The predicted octanol–water partition coefficient (Wildman–Crippen LogP) is 3.35. The van der Waals surface area contributed by atoms with Crippen LogP contribution in [0.15, 0.2) is 18.2 Å². The lowest BCUT2D eigenvalue weighted by atomic mass is 10.1. The molecule has 0 saturated carbocycles. The van der Waals surface area contributed by atoms with Crippen LogP contribution in [0.25, 0.3) is 0 Å². The van der Waals surface area contributed by atoms with E-state index in [0.29, 0.717) is 12.2 Å². The van der Waals surface area contributed by atoms with E-state index in [4.69, 9.17) is 0 Å². The Kier molecular flexibility index (Phi) is 5.11. The normalized spacial score (nSPS) is 18.4. The van der Waals surface area contributed by atoms with E-state index in [2.05, 4.69) is 24.1 Å². The van der Waals surface area contributed by atoms with E-state index < -0.39 is 0 Å². The number of hydrogen-bond acceptors (Lipinski definition) is 5. The molecular weight excluding hydrogens is 286 g/mol. The number of benzene rings is 1. The largest absolute Gasteiger partial charge is 0.380 e. The van der Waals surface area contributed by atoms with Crippen molar-refractivity contribution in [1.82, 2.24) is 4.90 Å². The van der Waals surface area contributed by atoms with E-state index >= 15 is 0 Å². The highest BCUT2D eigenvalue weighted by atomic mass is 32.2. The Hall–Kier alpha value is -1.27. The first-order chi connectivity index (χ1) is 9.93. The Labute approximate surface area is 130 Å². The molecule has 2 rings (SSSR count). The summed E-state index contributed by atoms with van der Waals surface area (Å²) in [5.41, 5.74) is 1.84. The van der Waals surface area contributed by atoms with Crippen molar-refractivity contribution in [2.45, 2.75) is 32.1 Å². The third-order valence-electron chi connectivity index (χ3n) is 3.58. The van der Waals surface area contributed by atoms with E-state index in [9.17, 15) is 10.1 Å². The molecule has 1 N–H and O–H groups in total. The Morgan fingerprint density at radius 1 is 1.48 bits per heavy atom. The Morgan fingerprint density at radius 3 is 2.86 bits per heavy atom. The molecule has 1 heterocycles. The highest BCUT2D eigenvalue weighted by Crippen LogP contribution is 2.33. The van der Waals surface area contributed by atoms with Crippen LogP contribution in [-0.2, 0) is 6.54 Å². The fourth-order valence-electron chi connectivity index (χ4n) is 2.74. The maximum atomic E-state index is 11.2. The van der Waals surface area contributed by atoms with E-state index in [-0.39, 0.29) is 15.4 Å².